The van der Waals surface area contributed by atoms with Gasteiger partial charge in [-0.05, 0) is 38.9 Å². The van der Waals surface area contributed by atoms with Gasteiger partial charge in [-0.2, -0.15) is 0 Å². The molecule has 0 aliphatic carbocycles. The number of rotatable bonds is 5. The van der Waals surface area contributed by atoms with Gasteiger partial charge in [0.05, 0.1) is 13.9 Å². The first kappa shape index (κ1) is 13.4. The summed E-state index contributed by atoms with van der Waals surface area (Å²) in [6, 6.07) is 2.83. The Kier molecular flexibility index (Phi) is 5.17. The summed E-state index contributed by atoms with van der Waals surface area (Å²) in [5, 5.41) is 13.5. The molecule has 0 aliphatic heterocycles. The van der Waals surface area contributed by atoms with Gasteiger partial charge >= 0.3 is 0 Å². The zero-order valence-electron chi connectivity index (χ0n) is 8.50. The summed E-state index contributed by atoms with van der Waals surface area (Å²) >= 11 is 6.48. The van der Waals surface area contributed by atoms with Gasteiger partial charge in [0.15, 0.2) is 0 Å². The molecule has 0 aromatic heterocycles. The van der Waals surface area contributed by atoms with E-state index in [1.807, 2.05) is 7.05 Å². The lowest BCUT2D eigenvalue weighted by Crippen LogP contribution is -2.16. The van der Waals surface area contributed by atoms with E-state index in [1.165, 1.54) is 12.1 Å². The molecule has 0 atom stereocenters. The summed E-state index contributed by atoms with van der Waals surface area (Å²) in [5.74, 6) is 0.570. The second-order valence-electron chi connectivity index (χ2n) is 2.95. The molecule has 0 amide bonds. The molecular weight excluding hydrogens is 344 g/mol. The Labute approximate surface area is 110 Å². The van der Waals surface area contributed by atoms with Gasteiger partial charge in [0.1, 0.15) is 12.4 Å². The van der Waals surface area contributed by atoms with Crippen LogP contribution in [-0.2, 0) is 0 Å². The van der Waals surface area contributed by atoms with Crippen molar-refractivity contribution < 1.29 is 9.66 Å². The quantitative estimate of drug-likeness (QED) is 0.502. The van der Waals surface area contributed by atoms with E-state index in [9.17, 15) is 10.1 Å². The molecular formula is C9H10Br2N2O3. The van der Waals surface area contributed by atoms with Crippen LogP contribution >= 0.6 is 31.9 Å². The summed E-state index contributed by atoms with van der Waals surface area (Å²) in [5.41, 5.74) is 0.0136. The number of nitrogens with one attached hydrogen (secondary N) is 1. The van der Waals surface area contributed by atoms with Gasteiger partial charge in [-0.25, -0.2) is 0 Å². The summed E-state index contributed by atoms with van der Waals surface area (Å²) in [4.78, 5) is 10.1. The normalized spacial score (nSPS) is 10.2. The van der Waals surface area contributed by atoms with E-state index >= 15 is 0 Å². The number of nitro groups is 1. The van der Waals surface area contributed by atoms with Gasteiger partial charge in [0.2, 0.25) is 0 Å². The van der Waals surface area contributed by atoms with Crippen molar-refractivity contribution in [2.45, 2.75) is 0 Å². The SMILES string of the molecule is CNCCOc1c(Br)cc([N+](=O)[O-])cc1Br. The number of hydrogen-bond acceptors (Lipinski definition) is 4. The summed E-state index contributed by atoms with van der Waals surface area (Å²) in [6.45, 7) is 1.20. The van der Waals surface area contributed by atoms with E-state index in [0.717, 1.165) is 0 Å². The molecule has 0 heterocycles. The highest BCUT2D eigenvalue weighted by atomic mass is 79.9. The average Bonchev–Trinajstić information content (AvgIpc) is 2.21. The van der Waals surface area contributed by atoms with Gasteiger partial charge < -0.3 is 10.1 Å². The predicted octanol–water partition coefficient (Wildman–Crippen LogP) is 2.72. The van der Waals surface area contributed by atoms with Crippen molar-refractivity contribution in [3.05, 3.63) is 31.2 Å². The number of ether oxygens (including phenoxy) is 1. The van der Waals surface area contributed by atoms with E-state index in [-0.39, 0.29) is 5.69 Å². The van der Waals surface area contributed by atoms with E-state index in [0.29, 0.717) is 27.8 Å². The molecule has 88 valence electrons. The van der Waals surface area contributed by atoms with Crippen molar-refractivity contribution in [2.75, 3.05) is 20.2 Å². The summed E-state index contributed by atoms with van der Waals surface area (Å²) in [7, 11) is 1.82. The highest BCUT2D eigenvalue weighted by Crippen LogP contribution is 2.37. The number of hydrogen-bond donors (Lipinski definition) is 1. The van der Waals surface area contributed by atoms with Crippen LogP contribution in [0, 0.1) is 10.1 Å². The van der Waals surface area contributed by atoms with Crippen LogP contribution in [0.15, 0.2) is 21.1 Å². The highest BCUT2D eigenvalue weighted by Gasteiger charge is 2.14. The molecule has 0 saturated heterocycles. The van der Waals surface area contributed by atoms with E-state index in [1.54, 1.807) is 0 Å². The summed E-state index contributed by atoms with van der Waals surface area (Å²) < 4.78 is 6.58. The lowest BCUT2D eigenvalue weighted by Gasteiger charge is -2.09. The standard InChI is InChI=1S/C9H10Br2N2O3/c1-12-2-3-16-9-7(10)4-6(13(14)15)5-8(9)11/h4-5,12H,2-3H2,1H3. The maximum Gasteiger partial charge on any atom is 0.271 e. The first-order chi connectivity index (χ1) is 7.56. The fourth-order valence-electron chi connectivity index (χ4n) is 1.04. The number of halogens is 2. The van der Waals surface area contributed by atoms with Gasteiger partial charge in [-0.3, -0.25) is 10.1 Å². The minimum Gasteiger partial charge on any atom is -0.490 e. The van der Waals surface area contributed by atoms with E-state index in [2.05, 4.69) is 37.2 Å². The molecule has 0 unspecified atom stereocenters. The van der Waals surface area contributed by atoms with Crippen molar-refractivity contribution in [1.82, 2.24) is 5.32 Å². The molecule has 0 radical (unpaired) electrons. The Morgan fingerprint density at radius 1 is 1.44 bits per heavy atom. The van der Waals surface area contributed by atoms with Gasteiger partial charge in [-0.1, -0.05) is 0 Å². The lowest BCUT2D eigenvalue weighted by atomic mass is 10.3. The lowest BCUT2D eigenvalue weighted by molar-refractivity contribution is -0.385. The highest BCUT2D eigenvalue weighted by molar-refractivity contribution is 9.11. The third-order valence-corrected chi connectivity index (χ3v) is 2.97. The molecule has 0 saturated carbocycles. The first-order valence-corrected chi connectivity index (χ1v) is 6.05. The van der Waals surface area contributed by atoms with Crippen molar-refractivity contribution in [1.29, 1.82) is 0 Å². The van der Waals surface area contributed by atoms with Crippen LogP contribution in [0.5, 0.6) is 5.75 Å². The Balaban J connectivity index is 2.89. The molecule has 0 bridgehead atoms. The molecule has 1 aromatic carbocycles. The van der Waals surface area contributed by atoms with Crippen LogP contribution in [0.3, 0.4) is 0 Å². The van der Waals surface area contributed by atoms with Crippen LogP contribution < -0.4 is 10.1 Å². The van der Waals surface area contributed by atoms with Gasteiger partial charge in [0.25, 0.3) is 5.69 Å². The van der Waals surface area contributed by atoms with Crippen LogP contribution in [0.2, 0.25) is 0 Å². The molecule has 0 aliphatic rings. The number of benzene rings is 1. The van der Waals surface area contributed by atoms with Crippen molar-refractivity contribution in [3.63, 3.8) is 0 Å². The van der Waals surface area contributed by atoms with Crippen LogP contribution in [0.1, 0.15) is 0 Å². The van der Waals surface area contributed by atoms with Crippen LogP contribution in [-0.4, -0.2) is 25.1 Å². The third-order valence-electron chi connectivity index (χ3n) is 1.79. The molecule has 5 nitrogen and oxygen atoms in total. The minimum atomic E-state index is -0.451. The zero-order valence-corrected chi connectivity index (χ0v) is 11.7. The molecule has 0 fully saturated rings. The maximum atomic E-state index is 10.6. The smallest absolute Gasteiger partial charge is 0.271 e. The van der Waals surface area contributed by atoms with E-state index in [4.69, 9.17) is 4.74 Å². The Hall–Kier alpha value is -0.660. The minimum absolute atomic E-state index is 0.0136. The topological polar surface area (TPSA) is 64.4 Å². The van der Waals surface area contributed by atoms with Gasteiger partial charge in [-0.15, -0.1) is 0 Å². The van der Waals surface area contributed by atoms with Crippen molar-refractivity contribution >= 4 is 37.5 Å². The number of nitrogens with zero attached hydrogens (tertiary/aromatic N) is 1. The fraction of sp³-hybridized carbons (Fsp3) is 0.333. The monoisotopic (exact) mass is 352 g/mol. The second-order valence-corrected chi connectivity index (χ2v) is 4.66. The summed E-state index contributed by atoms with van der Waals surface area (Å²) in [6.07, 6.45) is 0. The van der Waals surface area contributed by atoms with Crippen LogP contribution in [0.4, 0.5) is 5.69 Å². The Morgan fingerprint density at radius 2 is 2.00 bits per heavy atom. The predicted molar refractivity (Wildman–Crippen MR) is 67.9 cm³/mol. The van der Waals surface area contributed by atoms with E-state index < -0.39 is 4.92 Å². The first-order valence-electron chi connectivity index (χ1n) is 4.47. The number of non-ortho nitro benzene ring substituents is 1. The number of nitro benzene ring substituents is 1. The molecule has 1 rings (SSSR count). The molecule has 0 spiro atoms. The second kappa shape index (κ2) is 6.17. The third kappa shape index (κ3) is 3.43. The zero-order chi connectivity index (χ0) is 12.1. The molecule has 16 heavy (non-hydrogen) atoms. The molecule has 7 heteroatoms. The number of likely N-dealkylation sites (N-methyl/N-ethyl adjacent to an activating group) is 1. The average molecular weight is 354 g/mol. The molecule has 1 N–H and O–H groups in total. The van der Waals surface area contributed by atoms with Crippen molar-refractivity contribution in [2.24, 2.45) is 0 Å². The Morgan fingerprint density at radius 3 is 2.44 bits per heavy atom. The van der Waals surface area contributed by atoms with Gasteiger partial charge in [0, 0.05) is 18.7 Å². The maximum absolute atomic E-state index is 10.6. The molecule has 1 aromatic rings. The van der Waals surface area contributed by atoms with Crippen LogP contribution in [0.25, 0.3) is 0 Å². The fourth-order valence-corrected chi connectivity index (χ4v) is 2.44. The van der Waals surface area contributed by atoms with Crippen molar-refractivity contribution in [3.8, 4) is 5.75 Å². The largest absolute Gasteiger partial charge is 0.490 e. The Bertz CT molecular complexity index is 375.